The number of carbonyl (C=O) groups excluding carboxylic acids is 2. The number of carbonyl (C=O) groups is 2. The number of nitrogens with one attached hydrogen (secondary N) is 3. The zero-order chi connectivity index (χ0) is 22.4. The van der Waals surface area contributed by atoms with Crippen LogP contribution in [0.15, 0.2) is 71.3 Å². The van der Waals surface area contributed by atoms with Gasteiger partial charge in [0.25, 0.3) is 11.8 Å². The van der Waals surface area contributed by atoms with Gasteiger partial charge in [-0.2, -0.15) is 0 Å². The van der Waals surface area contributed by atoms with E-state index in [9.17, 15) is 9.59 Å². The summed E-state index contributed by atoms with van der Waals surface area (Å²) in [7, 11) is 0. The fourth-order valence-corrected chi connectivity index (χ4v) is 3.09. The Balaban J connectivity index is 1.57. The van der Waals surface area contributed by atoms with Gasteiger partial charge in [0.05, 0.1) is 12.8 Å². The molecule has 0 aliphatic carbocycles. The molecule has 0 saturated heterocycles. The maximum Gasteiger partial charge on any atom is 0.257 e. The number of furan rings is 1. The molecule has 0 atom stereocenters. The SMILES string of the molecule is CC(C)(C)c1ccc(C(=O)NC(=S)Nc2cccc(C(=O)NCc3ccco3)c2)cc1. The first-order valence-electron chi connectivity index (χ1n) is 9.86. The maximum absolute atomic E-state index is 12.5. The normalized spacial score (nSPS) is 10.9. The topological polar surface area (TPSA) is 83.4 Å². The van der Waals surface area contributed by atoms with E-state index in [4.69, 9.17) is 16.6 Å². The molecule has 1 heterocycles. The van der Waals surface area contributed by atoms with Crippen molar-refractivity contribution in [2.45, 2.75) is 32.7 Å². The molecule has 3 N–H and O–H groups in total. The van der Waals surface area contributed by atoms with Crippen molar-refractivity contribution in [2.24, 2.45) is 0 Å². The number of hydrogen-bond donors (Lipinski definition) is 3. The second-order valence-electron chi connectivity index (χ2n) is 8.08. The molecule has 0 bridgehead atoms. The van der Waals surface area contributed by atoms with Crippen molar-refractivity contribution in [3.8, 4) is 0 Å². The Hall–Kier alpha value is -3.45. The largest absolute Gasteiger partial charge is 0.467 e. The van der Waals surface area contributed by atoms with Crippen LogP contribution in [-0.2, 0) is 12.0 Å². The van der Waals surface area contributed by atoms with Gasteiger partial charge in [-0.1, -0.05) is 39.0 Å². The first-order valence-corrected chi connectivity index (χ1v) is 10.3. The summed E-state index contributed by atoms with van der Waals surface area (Å²) in [4.78, 5) is 24.8. The highest BCUT2D eigenvalue weighted by atomic mass is 32.1. The lowest BCUT2D eigenvalue weighted by atomic mass is 9.87. The van der Waals surface area contributed by atoms with E-state index in [0.717, 1.165) is 5.56 Å². The molecule has 2 aromatic carbocycles. The van der Waals surface area contributed by atoms with Crippen molar-refractivity contribution in [1.29, 1.82) is 0 Å². The van der Waals surface area contributed by atoms with Crippen molar-refractivity contribution >= 4 is 34.8 Å². The minimum atomic E-state index is -0.301. The summed E-state index contributed by atoms with van der Waals surface area (Å²) >= 11 is 5.26. The lowest BCUT2D eigenvalue weighted by molar-refractivity contribution is 0.0946. The highest BCUT2D eigenvalue weighted by Gasteiger charge is 2.15. The van der Waals surface area contributed by atoms with Crippen molar-refractivity contribution in [3.05, 3.63) is 89.4 Å². The summed E-state index contributed by atoms with van der Waals surface area (Å²) in [5.41, 5.74) is 2.73. The predicted octanol–water partition coefficient (Wildman–Crippen LogP) is 4.63. The van der Waals surface area contributed by atoms with E-state index in [2.05, 4.69) is 36.7 Å². The number of benzene rings is 2. The van der Waals surface area contributed by atoms with Crippen LogP contribution in [0.4, 0.5) is 5.69 Å². The molecule has 2 amide bonds. The first kappa shape index (κ1) is 22.2. The Labute approximate surface area is 187 Å². The van der Waals surface area contributed by atoms with Crippen LogP contribution in [0.5, 0.6) is 0 Å². The van der Waals surface area contributed by atoms with Crippen LogP contribution in [-0.4, -0.2) is 16.9 Å². The van der Waals surface area contributed by atoms with Crippen molar-refractivity contribution in [1.82, 2.24) is 10.6 Å². The smallest absolute Gasteiger partial charge is 0.257 e. The molecule has 31 heavy (non-hydrogen) atoms. The van der Waals surface area contributed by atoms with Gasteiger partial charge in [-0.15, -0.1) is 0 Å². The molecule has 0 unspecified atom stereocenters. The molecule has 0 aliphatic heterocycles. The molecular weight excluding hydrogens is 410 g/mol. The Bertz CT molecular complexity index is 1070. The molecule has 0 spiro atoms. The molecule has 0 fully saturated rings. The van der Waals surface area contributed by atoms with Gasteiger partial charge >= 0.3 is 0 Å². The van der Waals surface area contributed by atoms with Gasteiger partial charge in [-0.25, -0.2) is 0 Å². The van der Waals surface area contributed by atoms with Crippen LogP contribution in [0.25, 0.3) is 0 Å². The first-order chi connectivity index (χ1) is 14.7. The third-order valence-corrected chi connectivity index (χ3v) is 4.83. The number of anilines is 1. The fourth-order valence-electron chi connectivity index (χ4n) is 2.88. The molecule has 6 nitrogen and oxygen atoms in total. The van der Waals surface area contributed by atoms with Gasteiger partial charge in [-0.3, -0.25) is 14.9 Å². The highest BCUT2D eigenvalue weighted by molar-refractivity contribution is 7.80. The van der Waals surface area contributed by atoms with Crippen LogP contribution in [0.1, 0.15) is 52.8 Å². The zero-order valence-electron chi connectivity index (χ0n) is 17.7. The van der Waals surface area contributed by atoms with Gasteiger partial charge in [0.2, 0.25) is 0 Å². The number of hydrogen-bond acceptors (Lipinski definition) is 4. The molecule has 1 aromatic heterocycles. The van der Waals surface area contributed by atoms with Gasteiger partial charge in [-0.05, 0) is 65.7 Å². The average molecular weight is 436 g/mol. The number of rotatable bonds is 5. The average Bonchev–Trinajstić information content (AvgIpc) is 3.25. The van der Waals surface area contributed by atoms with E-state index in [1.165, 1.54) is 0 Å². The summed E-state index contributed by atoms with van der Waals surface area (Å²) in [6.07, 6.45) is 1.56. The van der Waals surface area contributed by atoms with Crippen molar-refractivity contribution in [2.75, 3.05) is 5.32 Å². The molecule has 7 heteroatoms. The molecule has 0 saturated carbocycles. The lowest BCUT2D eigenvalue weighted by Gasteiger charge is -2.19. The molecule has 0 aliphatic rings. The Morgan fingerprint density at radius 2 is 1.68 bits per heavy atom. The van der Waals surface area contributed by atoms with E-state index in [1.807, 2.05) is 12.1 Å². The molecule has 3 rings (SSSR count). The summed E-state index contributed by atoms with van der Waals surface area (Å²) in [6, 6.07) is 17.8. The predicted molar refractivity (Wildman–Crippen MR) is 125 cm³/mol. The number of thiocarbonyl (C=S) groups is 1. The van der Waals surface area contributed by atoms with Gasteiger partial charge in [0.15, 0.2) is 5.11 Å². The van der Waals surface area contributed by atoms with Crippen LogP contribution < -0.4 is 16.0 Å². The quantitative estimate of drug-likeness (QED) is 0.509. The molecule has 0 radical (unpaired) electrons. The van der Waals surface area contributed by atoms with Gasteiger partial charge < -0.3 is 15.1 Å². The Morgan fingerprint density at radius 3 is 2.32 bits per heavy atom. The maximum atomic E-state index is 12.5. The monoisotopic (exact) mass is 435 g/mol. The van der Waals surface area contributed by atoms with E-state index < -0.39 is 0 Å². The van der Waals surface area contributed by atoms with Gasteiger partial charge in [0.1, 0.15) is 5.76 Å². The van der Waals surface area contributed by atoms with Crippen LogP contribution >= 0.6 is 12.2 Å². The highest BCUT2D eigenvalue weighted by Crippen LogP contribution is 2.22. The van der Waals surface area contributed by atoms with E-state index in [0.29, 0.717) is 29.1 Å². The second-order valence-corrected chi connectivity index (χ2v) is 8.49. The molecular formula is C24H25N3O3S. The van der Waals surface area contributed by atoms with Crippen LogP contribution in [0, 0.1) is 0 Å². The van der Waals surface area contributed by atoms with Crippen LogP contribution in [0.3, 0.4) is 0 Å². The van der Waals surface area contributed by atoms with Gasteiger partial charge in [0, 0.05) is 16.8 Å². The minimum Gasteiger partial charge on any atom is -0.467 e. The standard InChI is InChI=1S/C24H25N3O3S/c1-24(2,3)18-11-9-16(10-12-18)22(29)27-23(31)26-19-7-4-6-17(14-19)21(28)25-15-20-8-5-13-30-20/h4-14H,15H2,1-3H3,(H,25,28)(H2,26,27,29,31). The third kappa shape index (κ3) is 6.26. The Morgan fingerprint density at radius 1 is 0.935 bits per heavy atom. The van der Waals surface area contributed by atoms with E-state index in [-0.39, 0.29) is 22.3 Å². The summed E-state index contributed by atoms with van der Waals surface area (Å²) in [6.45, 7) is 6.65. The van der Waals surface area contributed by atoms with E-state index in [1.54, 1.807) is 54.8 Å². The summed E-state index contributed by atoms with van der Waals surface area (Å²) < 4.78 is 5.21. The molecule has 160 valence electrons. The Kier molecular flexibility index (Phi) is 6.87. The summed E-state index contributed by atoms with van der Waals surface area (Å²) in [5, 5.41) is 8.55. The lowest BCUT2D eigenvalue weighted by Crippen LogP contribution is -2.34. The van der Waals surface area contributed by atoms with Crippen LogP contribution in [0.2, 0.25) is 0 Å². The second kappa shape index (κ2) is 9.57. The molecule has 3 aromatic rings. The number of amides is 2. The van der Waals surface area contributed by atoms with Crippen molar-refractivity contribution < 1.29 is 14.0 Å². The minimum absolute atomic E-state index is 0.0150. The zero-order valence-corrected chi connectivity index (χ0v) is 18.5. The fraction of sp³-hybridized carbons (Fsp3) is 0.208. The van der Waals surface area contributed by atoms with E-state index >= 15 is 0 Å². The third-order valence-electron chi connectivity index (χ3n) is 4.63. The summed E-state index contributed by atoms with van der Waals surface area (Å²) in [5.74, 6) is 0.126. The van der Waals surface area contributed by atoms with Crippen molar-refractivity contribution in [3.63, 3.8) is 0 Å².